The maximum Gasteiger partial charge on any atom is 0.416 e. The van der Waals surface area contributed by atoms with Crippen molar-refractivity contribution in [3.63, 3.8) is 0 Å². The van der Waals surface area contributed by atoms with Crippen molar-refractivity contribution >= 4 is 34.4 Å². The molecule has 1 N–H and O–H groups in total. The summed E-state index contributed by atoms with van der Waals surface area (Å²) >= 11 is 0. The molecule has 1 aliphatic heterocycles. The van der Waals surface area contributed by atoms with Crippen LogP contribution in [0.4, 0.5) is 24.5 Å². The molecule has 1 aliphatic rings. The zero-order chi connectivity index (χ0) is 23.5. The first-order valence-electron chi connectivity index (χ1n) is 9.37. The van der Waals surface area contributed by atoms with E-state index >= 15 is 0 Å². The van der Waals surface area contributed by atoms with Crippen molar-refractivity contribution in [1.82, 2.24) is 18.7 Å². The maximum atomic E-state index is 13.3. The molecule has 0 saturated heterocycles. The number of anilines is 2. The number of fused-ring (bicyclic) bond motifs is 2. The fourth-order valence-electron chi connectivity index (χ4n) is 3.67. The fourth-order valence-corrected chi connectivity index (χ4v) is 3.67. The highest BCUT2D eigenvalue weighted by molar-refractivity contribution is 6.11. The molecule has 0 spiro atoms. The van der Waals surface area contributed by atoms with Crippen LogP contribution in [0.2, 0.25) is 0 Å². The molecular formula is C19H17F3N6O4. The minimum Gasteiger partial charge on any atom is -0.323 e. The Morgan fingerprint density at radius 2 is 1.84 bits per heavy atom. The molecule has 0 unspecified atom stereocenters. The SMILES string of the molecule is C[C@@H](C(=O)N1CC(=O)Nc2cc(C(F)(F)F)ccc21)n1cnc2c1c(=O)n(C)c(=O)n2C. The highest BCUT2D eigenvalue weighted by Crippen LogP contribution is 2.37. The summed E-state index contributed by atoms with van der Waals surface area (Å²) in [4.78, 5) is 55.3. The fraction of sp³-hybridized carbons (Fsp3) is 0.316. The van der Waals surface area contributed by atoms with Gasteiger partial charge >= 0.3 is 11.9 Å². The summed E-state index contributed by atoms with van der Waals surface area (Å²) in [5, 5.41) is 2.35. The minimum absolute atomic E-state index is 0.00422. The van der Waals surface area contributed by atoms with E-state index in [1.165, 1.54) is 31.9 Å². The van der Waals surface area contributed by atoms with Gasteiger partial charge in [0.1, 0.15) is 12.6 Å². The normalized spacial score (nSPS) is 14.9. The van der Waals surface area contributed by atoms with E-state index in [4.69, 9.17) is 0 Å². The molecule has 1 aromatic carbocycles. The van der Waals surface area contributed by atoms with Gasteiger partial charge in [0.2, 0.25) is 11.8 Å². The van der Waals surface area contributed by atoms with Gasteiger partial charge in [-0.05, 0) is 25.1 Å². The molecule has 1 atom stereocenters. The number of aromatic nitrogens is 4. The lowest BCUT2D eigenvalue weighted by Gasteiger charge is -2.32. The third kappa shape index (κ3) is 3.16. The number of halogens is 3. The van der Waals surface area contributed by atoms with E-state index in [0.29, 0.717) is 0 Å². The number of nitrogens with one attached hydrogen (secondary N) is 1. The lowest BCUT2D eigenvalue weighted by molar-refractivity contribution is -0.137. The number of aryl methyl sites for hydroxylation is 1. The number of carbonyl (C=O) groups is 2. The quantitative estimate of drug-likeness (QED) is 0.626. The predicted molar refractivity (Wildman–Crippen MR) is 107 cm³/mol. The first kappa shape index (κ1) is 21.3. The second-order valence-electron chi connectivity index (χ2n) is 7.41. The molecule has 13 heteroatoms. The third-order valence-corrected chi connectivity index (χ3v) is 5.40. The van der Waals surface area contributed by atoms with Crippen LogP contribution in [-0.2, 0) is 29.9 Å². The van der Waals surface area contributed by atoms with E-state index in [2.05, 4.69) is 10.3 Å². The molecule has 3 heterocycles. The number of benzene rings is 1. The summed E-state index contributed by atoms with van der Waals surface area (Å²) in [7, 11) is 2.72. The van der Waals surface area contributed by atoms with Crippen LogP contribution in [0.25, 0.3) is 11.2 Å². The molecule has 0 bridgehead atoms. The highest BCUT2D eigenvalue weighted by atomic mass is 19.4. The van der Waals surface area contributed by atoms with Gasteiger partial charge in [-0.3, -0.25) is 28.4 Å². The number of alkyl halides is 3. The van der Waals surface area contributed by atoms with E-state index in [0.717, 1.165) is 32.2 Å². The van der Waals surface area contributed by atoms with Crippen molar-refractivity contribution in [1.29, 1.82) is 0 Å². The number of amides is 2. The van der Waals surface area contributed by atoms with Crippen LogP contribution in [0.5, 0.6) is 0 Å². The Labute approximate surface area is 177 Å². The van der Waals surface area contributed by atoms with Crippen LogP contribution in [0, 0.1) is 0 Å². The Hall–Kier alpha value is -3.90. The first-order valence-corrected chi connectivity index (χ1v) is 9.37. The van der Waals surface area contributed by atoms with E-state index in [9.17, 15) is 32.3 Å². The van der Waals surface area contributed by atoms with E-state index < -0.39 is 47.4 Å². The molecule has 32 heavy (non-hydrogen) atoms. The number of hydrogen-bond acceptors (Lipinski definition) is 5. The minimum atomic E-state index is -4.62. The van der Waals surface area contributed by atoms with Crippen molar-refractivity contribution in [3.8, 4) is 0 Å². The number of nitrogens with zero attached hydrogens (tertiary/aromatic N) is 5. The summed E-state index contributed by atoms with van der Waals surface area (Å²) in [5.74, 6) is -1.30. The molecule has 2 amide bonds. The topological polar surface area (TPSA) is 111 Å². The largest absolute Gasteiger partial charge is 0.416 e. The Morgan fingerprint density at radius 3 is 2.50 bits per heavy atom. The number of rotatable bonds is 2. The summed E-state index contributed by atoms with van der Waals surface area (Å²) in [6, 6.07) is 1.64. The zero-order valence-corrected chi connectivity index (χ0v) is 17.1. The summed E-state index contributed by atoms with van der Waals surface area (Å²) in [5.41, 5.74) is -2.19. The number of hydrogen-bond donors (Lipinski definition) is 1. The van der Waals surface area contributed by atoms with Gasteiger partial charge in [0.25, 0.3) is 5.56 Å². The second-order valence-corrected chi connectivity index (χ2v) is 7.41. The van der Waals surface area contributed by atoms with Crippen LogP contribution in [-0.4, -0.2) is 37.0 Å². The Bertz CT molecular complexity index is 1400. The predicted octanol–water partition coefficient (Wildman–Crippen LogP) is 0.999. The molecule has 10 nitrogen and oxygen atoms in total. The highest BCUT2D eigenvalue weighted by Gasteiger charge is 2.35. The van der Waals surface area contributed by atoms with Crippen LogP contribution in [0.3, 0.4) is 0 Å². The van der Waals surface area contributed by atoms with Gasteiger partial charge in [-0.15, -0.1) is 0 Å². The standard InChI is InChI=1S/C19H17F3N6O4/c1-9(28-8-23-15-14(28)17(31)26(3)18(32)25(15)2)16(30)27-7-13(29)24-11-6-10(19(20,21)22)4-5-12(11)27/h4-6,8-9H,7H2,1-3H3,(H,24,29)/t9-/m0/s1. The van der Waals surface area contributed by atoms with Crippen LogP contribution in [0.1, 0.15) is 18.5 Å². The van der Waals surface area contributed by atoms with Gasteiger partial charge in [0.15, 0.2) is 11.2 Å². The molecule has 3 aromatic rings. The molecule has 0 aliphatic carbocycles. The van der Waals surface area contributed by atoms with Gasteiger partial charge in [-0.1, -0.05) is 0 Å². The van der Waals surface area contributed by atoms with E-state index in [-0.39, 0.29) is 22.5 Å². The van der Waals surface area contributed by atoms with Gasteiger partial charge in [-0.2, -0.15) is 13.2 Å². The molecule has 168 valence electrons. The lowest BCUT2D eigenvalue weighted by atomic mass is 10.1. The Balaban J connectivity index is 1.79. The number of carbonyl (C=O) groups excluding carboxylic acids is 2. The van der Waals surface area contributed by atoms with E-state index in [1.807, 2.05) is 0 Å². The first-order chi connectivity index (χ1) is 14.9. The lowest BCUT2D eigenvalue weighted by Crippen LogP contribution is -2.45. The Morgan fingerprint density at radius 1 is 1.16 bits per heavy atom. The summed E-state index contributed by atoms with van der Waals surface area (Å²) in [6.45, 7) is 1.05. The smallest absolute Gasteiger partial charge is 0.323 e. The van der Waals surface area contributed by atoms with Crippen LogP contribution in [0.15, 0.2) is 34.1 Å². The second kappa shape index (κ2) is 7.07. The van der Waals surface area contributed by atoms with Crippen molar-refractivity contribution < 1.29 is 22.8 Å². The third-order valence-electron chi connectivity index (χ3n) is 5.40. The van der Waals surface area contributed by atoms with Gasteiger partial charge < -0.3 is 9.88 Å². The zero-order valence-electron chi connectivity index (χ0n) is 17.1. The van der Waals surface area contributed by atoms with Crippen molar-refractivity contribution in [2.75, 3.05) is 16.8 Å². The van der Waals surface area contributed by atoms with Crippen molar-refractivity contribution in [2.45, 2.75) is 19.1 Å². The molecule has 0 fully saturated rings. The van der Waals surface area contributed by atoms with Crippen molar-refractivity contribution in [2.24, 2.45) is 14.1 Å². The Kier molecular flexibility index (Phi) is 4.71. The van der Waals surface area contributed by atoms with E-state index in [1.54, 1.807) is 0 Å². The maximum absolute atomic E-state index is 13.3. The summed E-state index contributed by atoms with van der Waals surface area (Å²) < 4.78 is 42.4. The monoisotopic (exact) mass is 450 g/mol. The molecule has 4 rings (SSSR count). The summed E-state index contributed by atoms with van der Waals surface area (Å²) in [6.07, 6.45) is -3.39. The van der Waals surface area contributed by atoms with Crippen LogP contribution >= 0.6 is 0 Å². The number of imidazole rings is 1. The average molecular weight is 450 g/mol. The van der Waals surface area contributed by atoms with Gasteiger partial charge in [0, 0.05) is 14.1 Å². The molecular weight excluding hydrogens is 433 g/mol. The van der Waals surface area contributed by atoms with Crippen molar-refractivity contribution in [3.05, 3.63) is 50.9 Å². The van der Waals surface area contributed by atoms with Gasteiger partial charge in [-0.25, -0.2) is 9.78 Å². The van der Waals surface area contributed by atoms with Crippen LogP contribution < -0.4 is 21.5 Å². The molecule has 2 aromatic heterocycles. The average Bonchev–Trinajstić information content (AvgIpc) is 3.18. The molecule has 0 saturated carbocycles. The van der Waals surface area contributed by atoms with Gasteiger partial charge in [0.05, 0.1) is 23.3 Å². The molecule has 0 radical (unpaired) electrons.